The Balaban J connectivity index is 3.06. The number of hydrogen-bond donors (Lipinski definition) is 2. The highest BCUT2D eigenvalue weighted by Gasteiger charge is 2.32. The Hall–Kier alpha value is -0.780. The normalized spacial score (nSPS) is 15.5. The standard InChI is InChI=1S/C12H14ClF3O2/c1-7-4-8(11(18)10(17)2-3-13)6-9(5-7)12(14,15)16/h4-6,10-11,17-18H,2-3H2,1H3. The van der Waals surface area contributed by atoms with E-state index < -0.39 is 23.9 Å². The first-order valence-electron chi connectivity index (χ1n) is 5.36. The first kappa shape index (κ1) is 15.3. The van der Waals surface area contributed by atoms with Crippen molar-refractivity contribution >= 4 is 11.6 Å². The Morgan fingerprint density at radius 1 is 1.22 bits per heavy atom. The van der Waals surface area contributed by atoms with Crippen LogP contribution in [0.4, 0.5) is 13.2 Å². The molecule has 1 rings (SSSR count). The molecule has 0 amide bonds. The Labute approximate surface area is 108 Å². The van der Waals surface area contributed by atoms with Gasteiger partial charge >= 0.3 is 6.18 Å². The summed E-state index contributed by atoms with van der Waals surface area (Å²) in [7, 11) is 0. The van der Waals surface area contributed by atoms with Gasteiger partial charge < -0.3 is 10.2 Å². The summed E-state index contributed by atoms with van der Waals surface area (Å²) < 4.78 is 37.8. The van der Waals surface area contributed by atoms with Crippen molar-refractivity contribution in [2.45, 2.75) is 31.7 Å². The highest BCUT2D eigenvalue weighted by Crippen LogP contribution is 2.32. The molecule has 0 radical (unpaired) electrons. The van der Waals surface area contributed by atoms with Gasteiger partial charge in [-0.25, -0.2) is 0 Å². The second-order valence-corrected chi connectivity index (χ2v) is 4.50. The maximum Gasteiger partial charge on any atom is 0.416 e. The summed E-state index contributed by atoms with van der Waals surface area (Å²) in [4.78, 5) is 0. The van der Waals surface area contributed by atoms with Gasteiger partial charge in [-0.2, -0.15) is 13.2 Å². The molecule has 0 spiro atoms. The summed E-state index contributed by atoms with van der Waals surface area (Å²) in [5, 5.41) is 19.3. The van der Waals surface area contributed by atoms with Crippen LogP contribution in [-0.4, -0.2) is 22.2 Å². The van der Waals surface area contributed by atoms with E-state index in [0.29, 0.717) is 5.56 Å². The minimum atomic E-state index is -4.47. The van der Waals surface area contributed by atoms with Gasteiger partial charge in [-0.15, -0.1) is 11.6 Å². The molecule has 0 saturated carbocycles. The van der Waals surface area contributed by atoms with Gasteiger partial charge in [-0.3, -0.25) is 0 Å². The lowest BCUT2D eigenvalue weighted by Gasteiger charge is -2.19. The number of rotatable bonds is 4. The van der Waals surface area contributed by atoms with Crippen LogP contribution in [-0.2, 0) is 6.18 Å². The number of aliphatic hydroxyl groups is 2. The monoisotopic (exact) mass is 282 g/mol. The van der Waals surface area contributed by atoms with Gasteiger partial charge in [0.25, 0.3) is 0 Å². The van der Waals surface area contributed by atoms with Gasteiger partial charge in [-0.1, -0.05) is 11.6 Å². The molecule has 18 heavy (non-hydrogen) atoms. The molecule has 1 aromatic rings. The highest BCUT2D eigenvalue weighted by atomic mass is 35.5. The van der Waals surface area contributed by atoms with Gasteiger partial charge in [0.1, 0.15) is 6.10 Å². The Morgan fingerprint density at radius 3 is 2.33 bits per heavy atom. The van der Waals surface area contributed by atoms with Crippen molar-refractivity contribution in [3.63, 3.8) is 0 Å². The van der Waals surface area contributed by atoms with Crippen molar-refractivity contribution in [2.75, 3.05) is 5.88 Å². The predicted molar refractivity (Wildman–Crippen MR) is 62.5 cm³/mol. The quantitative estimate of drug-likeness (QED) is 0.834. The lowest BCUT2D eigenvalue weighted by molar-refractivity contribution is -0.137. The maximum absolute atomic E-state index is 12.6. The maximum atomic E-state index is 12.6. The van der Waals surface area contributed by atoms with E-state index >= 15 is 0 Å². The molecule has 2 nitrogen and oxygen atoms in total. The second-order valence-electron chi connectivity index (χ2n) is 4.12. The average molecular weight is 283 g/mol. The Kier molecular flexibility index (Phi) is 5.01. The van der Waals surface area contributed by atoms with Crippen LogP contribution in [0.2, 0.25) is 0 Å². The van der Waals surface area contributed by atoms with Crippen molar-refractivity contribution in [2.24, 2.45) is 0 Å². The fourth-order valence-corrected chi connectivity index (χ4v) is 1.86. The molecule has 0 bridgehead atoms. The summed E-state index contributed by atoms with van der Waals surface area (Å²) in [5.74, 6) is 0.121. The van der Waals surface area contributed by atoms with Gasteiger partial charge in [0.2, 0.25) is 0 Å². The van der Waals surface area contributed by atoms with Crippen molar-refractivity contribution in [3.8, 4) is 0 Å². The van der Waals surface area contributed by atoms with Crippen LogP contribution in [0.1, 0.15) is 29.2 Å². The molecule has 2 N–H and O–H groups in total. The van der Waals surface area contributed by atoms with Crippen LogP contribution in [0.3, 0.4) is 0 Å². The van der Waals surface area contributed by atoms with Crippen molar-refractivity contribution in [1.29, 1.82) is 0 Å². The third-order valence-corrected chi connectivity index (χ3v) is 2.76. The lowest BCUT2D eigenvalue weighted by Crippen LogP contribution is -2.19. The van der Waals surface area contributed by atoms with Crippen LogP contribution in [0.5, 0.6) is 0 Å². The van der Waals surface area contributed by atoms with E-state index in [0.717, 1.165) is 12.1 Å². The molecule has 0 aliphatic carbocycles. The van der Waals surface area contributed by atoms with E-state index in [4.69, 9.17) is 11.6 Å². The first-order valence-corrected chi connectivity index (χ1v) is 5.90. The molecule has 0 aliphatic heterocycles. The minimum Gasteiger partial charge on any atom is -0.390 e. The molecule has 0 saturated heterocycles. The van der Waals surface area contributed by atoms with Crippen molar-refractivity contribution in [3.05, 3.63) is 34.9 Å². The molecule has 2 atom stereocenters. The summed E-state index contributed by atoms with van der Waals surface area (Å²) in [5.41, 5.74) is -0.425. The van der Waals surface area contributed by atoms with Crippen LogP contribution < -0.4 is 0 Å². The fraction of sp³-hybridized carbons (Fsp3) is 0.500. The van der Waals surface area contributed by atoms with E-state index in [1.807, 2.05) is 0 Å². The van der Waals surface area contributed by atoms with Crippen molar-refractivity contribution < 1.29 is 23.4 Å². The predicted octanol–water partition coefficient (Wildman–Crippen LogP) is 3.04. The highest BCUT2D eigenvalue weighted by molar-refractivity contribution is 6.17. The van der Waals surface area contributed by atoms with Crippen LogP contribution in [0.15, 0.2) is 18.2 Å². The van der Waals surface area contributed by atoms with E-state index in [2.05, 4.69) is 0 Å². The van der Waals surface area contributed by atoms with Gasteiger partial charge in [0.15, 0.2) is 0 Å². The first-order chi connectivity index (χ1) is 8.25. The Morgan fingerprint density at radius 2 is 1.83 bits per heavy atom. The summed E-state index contributed by atoms with van der Waals surface area (Å²) in [6, 6.07) is 3.25. The van der Waals surface area contributed by atoms with E-state index in [-0.39, 0.29) is 17.9 Å². The third kappa shape index (κ3) is 3.86. The van der Waals surface area contributed by atoms with E-state index in [9.17, 15) is 23.4 Å². The van der Waals surface area contributed by atoms with Gasteiger partial charge in [0, 0.05) is 5.88 Å². The van der Waals surface area contributed by atoms with Crippen LogP contribution >= 0.6 is 11.6 Å². The molecule has 0 aromatic heterocycles. The zero-order chi connectivity index (χ0) is 13.9. The third-order valence-electron chi connectivity index (χ3n) is 2.54. The largest absolute Gasteiger partial charge is 0.416 e. The summed E-state index contributed by atoms with van der Waals surface area (Å²) >= 11 is 5.41. The minimum absolute atomic E-state index is 0.0416. The number of hydrogen-bond acceptors (Lipinski definition) is 2. The molecule has 1 aromatic carbocycles. The molecular weight excluding hydrogens is 269 g/mol. The van der Waals surface area contributed by atoms with E-state index in [1.165, 1.54) is 13.0 Å². The van der Waals surface area contributed by atoms with Gasteiger partial charge in [-0.05, 0) is 31.0 Å². The molecule has 2 unspecified atom stereocenters. The molecule has 6 heteroatoms. The number of alkyl halides is 4. The summed E-state index contributed by atoms with van der Waals surface area (Å²) in [6.07, 6.45) is -6.91. The SMILES string of the molecule is Cc1cc(C(O)C(O)CCCl)cc(C(F)(F)F)c1. The van der Waals surface area contributed by atoms with Crippen LogP contribution in [0, 0.1) is 6.92 Å². The lowest BCUT2D eigenvalue weighted by atomic mass is 9.98. The number of halogens is 4. The molecular formula is C12H14ClF3O2. The van der Waals surface area contributed by atoms with Gasteiger partial charge in [0.05, 0.1) is 11.7 Å². The molecule has 102 valence electrons. The zero-order valence-electron chi connectivity index (χ0n) is 9.71. The smallest absolute Gasteiger partial charge is 0.390 e. The average Bonchev–Trinajstić information content (AvgIpc) is 2.26. The van der Waals surface area contributed by atoms with Crippen molar-refractivity contribution in [1.82, 2.24) is 0 Å². The molecule has 0 fully saturated rings. The topological polar surface area (TPSA) is 40.5 Å². The van der Waals surface area contributed by atoms with Crippen LogP contribution in [0.25, 0.3) is 0 Å². The fourth-order valence-electron chi connectivity index (χ4n) is 1.64. The zero-order valence-corrected chi connectivity index (χ0v) is 10.5. The van der Waals surface area contributed by atoms with E-state index in [1.54, 1.807) is 0 Å². The number of benzene rings is 1. The molecule has 0 heterocycles. The molecule has 0 aliphatic rings. The number of aryl methyl sites for hydroxylation is 1. The summed E-state index contributed by atoms with van der Waals surface area (Å²) in [6.45, 7) is 1.50. The Bertz CT molecular complexity index is 407. The number of aliphatic hydroxyl groups excluding tert-OH is 2. The second kappa shape index (κ2) is 5.91.